The van der Waals surface area contributed by atoms with Crippen LogP contribution in [0.2, 0.25) is 0 Å². The van der Waals surface area contributed by atoms with E-state index in [4.69, 9.17) is 32.7 Å². The van der Waals surface area contributed by atoms with Gasteiger partial charge in [0.1, 0.15) is 22.6 Å². The summed E-state index contributed by atoms with van der Waals surface area (Å²) in [6, 6.07) is 3.95. The van der Waals surface area contributed by atoms with Crippen molar-refractivity contribution in [3.8, 4) is 11.5 Å². The van der Waals surface area contributed by atoms with Crippen LogP contribution in [-0.4, -0.2) is 13.2 Å². The molecule has 0 radical (unpaired) electrons. The summed E-state index contributed by atoms with van der Waals surface area (Å²) >= 11 is 11.1. The third kappa shape index (κ3) is 7.10. The topological polar surface area (TPSA) is 18.5 Å². The summed E-state index contributed by atoms with van der Waals surface area (Å²) in [6.07, 6.45) is 6.45. The van der Waals surface area contributed by atoms with Gasteiger partial charge in [0.05, 0.1) is 6.61 Å². The van der Waals surface area contributed by atoms with Gasteiger partial charge in [-0.05, 0) is 49.6 Å². The smallest absolute Gasteiger partial charge is 0.125 e. The summed E-state index contributed by atoms with van der Waals surface area (Å²) in [5, 5.41) is 0. The SMILES string of the molecule is CCCCCCOc1c(C)cc(OCC=C(Cl)Cl)cc1C. The molecule has 0 aromatic heterocycles. The summed E-state index contributed by atoms with van der Waals surface area (Å²) in [5.74, 6) is 1.76. The van der Waals surface area contributed by atoms with E-state index in [1.54, 1.807) is 6.08 Å². The molecule has 0 spiro atoms. The van der Waals surface area contributed by atoms with Crippen LogP contribution in [-0.2, 0) is 0 Å². The quantitative estimate of drug-likeness (QED) is 0.520. The van der Waals surface area contributed by atoms with Crippen molar-refractivity contribution in [2.75, 3.05) is 13.2 Å². The van der Waals surface area contributed by atoms with Crippen LogP contribution in [0.25, 0.3) is 0 Å². The molecule has 118 valence electrons. The molecule has 0 aliphatic carbocycles. The Morgan fingerprint density at radius 3 is 2.29 bits per heavy atom. The van der Waals surface area contributed by atoms with Crippen LogP contribution >= 0.6 is 23.2 Å². The van der Waals surface area contributed by atoms with Gasteiger partial charge in [0.15, 0.2) is 0 Å². The highest BCUT2D eigenvalue weighted by molar-refractivity contribution is 6.55. The highest BCUT2D eigenvalue weighted by atomic mass is 35.5. The molecule has 0 amide bonds. The maximum atomic E-state index is 5.90. The minimum atomic E-state index is 0.218. The molecule has 1 rings (SSSR count). The van der Waals surface area contributed by atoms with E-state index in [1.165, 1.54) is 19.3 Å². The number of hydrogen-bond donors (Lipinski definition) is 0. The first-order valence-electron chi connectivity index (χ1n) is 7.42. The number of rotatable bonds is 9. The Morgan fingerprint density at radius 1 is 1.05 bits per heavy atom. The lowest BCUT2D eigenvalue weighted by Gasteiger charge is -2.14. The van der Waals surface area contributed by atoms with Crippen molar-refractivity contribution in [1.82, 2.24) is 0 Å². The van der Waals surface area contributed by atoms with Gasteiger partial charge >= 0.3 is 0 Å². The van der Waals surface area contributed by atoms with Crippen LogP contribution in [0.4, 0.5) is 0 Å². The summed E-state index contributed by atoms with van der Waals surface area (Å²) in [5.41, 5.74) is 2.17. The van der Waals surface area contributed by atoms with Gasteiger partial charge in [-0.25, -0.2) is 0 Å². The molecule has 1 aromatic carbocycles. The second-order valence-corrected chi connectivity index (χ2v) is 6.11. The predicted molar refractivity (Wildman–Crippen MR) is 90.8 cm³/mol. The normalized spacial score (nSPS) is 10.3. The Morgan fingerprint density at radius 2 is 1.71 bits per heavy atom. The predicted octanol–water partition coefficient (Wildman–Crippen LogP) is 5.96. The number of unbranched alkanes of at least 4 members (excludes halogenated alkanes) is 3. The van der Waals surface area contributed by atoms with Crippen molar-refractivity contribution in [2.45, 2.75) is 46.5 Å². The monoisotopic (exact) mass is 330 g/mol. The Labute approximate surface area is 138 Å². The molecule has 0 fully saturated rings. The van der Waals surface area contributed by atoms with E-state index in [0.717, 1.165) is 35.7 Å². The molecule has 1 aromatic rings. The maximum Gasteiger partial charge on any atom is 0.125 e. The van der Waals surface area contributed by atoms with Crippen molar-refractivity contribution < 1.29 is 9.47 Å². The largest absolute Gasteiger partial charge is 0.493 e. The van der Waals surface area contributed by atoms with E-state index in [9.17, 15) is 0 Å². The van der Waals surface area contributed by atoms with E-state index < -0.39 is 0 Å². The fourth-order valence-electron chi connectivity index (χ4n) is 2.13. The van der Waals surface area contributed by atoms with Crippen LogP contribution in [0.5, 0.6) is 11.5 Å². The van der Waals surface area contributed by atoms with E-state index in [2.05, 4.69) is 6.92 Å². The molecule has 0 heterocycles. The minimum absolute atomic E-state index is 0.218. The number of halogens is 2. The molecule has 0 atom stereocenters. The minimum Gasteiger partial charge on any atom is -0.493 e. The number of benzene rings is 1. The molecule has 0 N–H and O–H groups in total. The molecule has 0 saturated carbocycles. The van der Waals surface area contributed by atoms with Crippen molar-refractivity contribution in [3.05, 3.63) is 33.8 Å². The molecular weight excluding hydrogens is 307 g/mol. The molecule has 21 heavy (non-hydrogen) atoms. The van der Waals surface area contributed by atoms with Crippen molar-refractivity contribution in [2.24, 2.45) is 0 Å². The lowest BCUT2D eigenvalue weighted by Crippen LogP contribution is -2.02. The Balaban J connectivity index is 2.56. The number of ether oxygens (including phenoxy) is 2. The van der Waals surface area contributed by atoms with Crippen LogP contribution in [0.15, 0.2) is 22.7 Å². The lowest BCUT2D eigenvalue weighted by molar-refractivity contribution is 0.299. The Bertz CT molecular complexity index is 443. The summed E-state index contributed by atoms with van der Waals surface area (Å²) in [7, 11) is 0. The van der Waals surface area contributed by atoms with Gasteiger partial charge in [-0.15, -0.1) is 0 Å². The van der Waals surface area contributed by atoms with Gasteiger partial charge in [0, 0.05) is 0 Å². The second kappa shape index (κ2) is 9.97. The molecule has 0 bridgehead atoms. The van der Waals surface area contributed by atoms with Crippen molar-refractivity contribution in [3.63, 3.8) is 0 Å². The van der Waals surface area contributed by atoms with E-state index in [0.29, 0.717) is 6.61 Å². The molecule has 4 heteroatoms. The zero-order valence-electron chi connectivity index (χ0n) is 13.0. The fraction of sp³-hybridized carbons (Fsp3) is 0.529. The fourth-order valence-corrected chi connectivity index (χ4v) is 2.25. The van der Waals surface area contributed by atoms with Crippen LogP contribution in [0.1, 0.15) is 43.7 Å². The van der Waals surface area contributed by atoms with Crippen LogP contribution < -0.4 is 9.47 Å². The molecule has 0 unspecified atom stereocenters. The van der Waals surface area contributed by atoms with Gasteiger partial charge in [-0.1, -0.05) is 49.4 Å². The highest BCUT2D eigenvalue weighted by Gasteiger charge is 2.07. The molecular formula is C17H24Cl2O2. The first-order chi connectivity index (χ1) is 10.0. The summed E-state index contributed by atoms with van der Waals surface area (Å²) < 4.78 is 11.7. The van der Waals surface area contributed by atoms with Crippen molar-refractivity contribution >= 4 is 23.2 Å². The first kappa shape index (κ1) is 18.2. The molecule has 0 aliphatic rings. The van der Waals surface area contributed by atoms with Gasteiger partial charge < -0.3 is 9.47 Å². The number of hydrogen-bond acceptors (Lipinski definition) is 2. The van der Waals surface area contributed by atoms with Gasteiger partial charge in [-0.2, -0.15) is 0 Å². The van der Waals surface area contributed by atoms with Crippen LogP contribution in [0, 0.1) is 13.8 Å². The molecule has 0 saturated heterocycles. The Hall–Kier alpha value is -0.860. The zero-order valence-corrected chi connectivity index (χ0v) is 14.6. The lowest BCUT2D eigenvalue weighted by atomic mass is 10.1. The van der Waals surface area contributed by atoms with Gasteiger partial charge in [0.25, 0.3) is 0 Å². The molecule has 0 aliphatic heterocycles. The number of aryl methyl sites for hydroxylation is 2. The van der Waals surface area contributed by atoms with Gasteiger partial charge in [-0.3, -0.25) is 0 Å². The summed E-state index contributed by atoms with van der Waals surface area (Å²) in [4.78, 5) is 0. The third-order valence-corrected chi connectivity index (χ3v) is 3.47. The van der Waals surface area contributed by atoms with Gasteiger partial charge in [0.2, 0.25) is 0 Å². The maximum absolute atomic E-state index is 5.90. The highest BCUT2D eigenvalue weighted by Crippen LogP contribution is 2.28. The van der Waals surface area contributed by atoms with Crippen LogP contribution in [0.3, 0.4) is 0 Å². The zero-order chi connectivity index (χ0) is 15.7. The second-order valence-electron chi connectivity index (χ2n) is 5.10. The van der Waals surface area contributed by atoms with E-state index >= 15 is 0 Å². The summed E-state index contributed by atoms with van der Waals surface area (Å²) in [6.45, 7) is 7.41. The average molecular weight is 331 g/mol. The average Bonchev–Trinajstić information content (AvgIpc) is 2.40. The van der Waals surface area contributed by atoms with E-state index in [-0.39, 0.29) is 4.49 Å². The Kier molecular flexibility index (Phi) is 8.63. The van der Waals surface area contributed by atoms with Crippen molar-refractivity contribution in [1.29, 1.82) is 0 Å². The third-order valence-electron chi connectivity index (χ3n) is 3.17. The first-order valence-corrected chi connectivity index (χ1v) is 8.18. The van der Waals surface area contributed by atoms with E-state index in [1.807, 2.05) is 26.0 Å². The standard InChI is InChI=1S/C17H24Cl2O2/c1-4-5-6-7-9-21-17-13(2)11-15(12-14(17)3)20-10-8-16(18)19/h8,11-12H,4-7,9-10H2,1-3H3. The molecule has 2 nitrogen and oxygen atoms in total.